The molecule has 0 heterocycles. The molecule has 0 atom stereocenters. The normalized spacial score (nSPS) is 9.25. The first kappa shape index (κ1) is 7.63. The Labute approximate surface area is 49.5 Å². The van der Waals surface area contributed by atoms with E-state index >= 15 is 0 Å². The first-order valence-electron chi connectivity index (χ1n) is 2.93. The summed E-state index contributed by atoms with van der Waals surface area (Å²) in [6, 6.07) is 0. The number of ketones is 1. The third-order valence-corrected chi connectivity index (χ3v) is 1.01. The number of rotatable bonds is 4. The summed E-state index contributed by atoms with van der Waals surface area (Å²) in [4.78, 5) is 10.5. The fourth-order valence-electron chi connectivity index (χ4n) is 0.453. The van der Waals surface area contributed by atoms with Crippen molar-refractivity contribution in [2.45, 2.75) is 26.2 Å². The Morgan fingerprint density at radius 1 is 1.62 bits per heavy atom. The van der Waals surface area contributed by atoms with Crippen molar-refractivity contribution < 1.29 is 9.90 Å². The first-order valence-corrected chi connectivity index (χ1v) is 2.93. The number of aliphatic hydroxyl groups excluding tert-OH is 1. The van der Waals surface area contributed by atoms with Gasteiger partial charge in [0.2, 0.25) is 0 Å². The monoisotopic (exact) mass is 116 g/mol. The fraction of sp³-hybridized carbons (Fsp3) is 0.833. The van der Waals surface area contributed by atoms with E-state index in [2.05, 4.69) is 0 Å². The van der Waals surface area contributed by atoms with E-state index in [1.807, 2.05) is 6.92 Å². The molecule has 0 saturated carbocycles. The van der Waals surface area contributed by atoms with Gasteiger partial charge >= 0.3 is 0 Å². The number of carbonyl (C=O) groups is 1. The van der Waals surface area contributed by atoms with E-state index in [0.717, 1.165) is 0 Å². The van der Waals surface area contributed by atoms with Gasteiger partial charge in [0, 0.05) is 19.4 Å². The molecular weight excluding hydrogens is 104 g/mol. The third-order valence-electron chi connectivity index (χ3n) is 1.01. The Bertz CT molecular complexity index is 68.9. The molecule has 0 saturated heterocycles. The number of hydrogen-bond acceptors (Lipinski definition) is 2. The minimum atomic E-state index is 0.131. The van der Waals surface area contributed by atoms with E-state index in [9.17, 15) is 4.79 Å². The third kappa shape index (κ3) is 3.81. The molecule has 0 aliphatic heterocycles. The van der Waals surface area contributed by atoms with Gasteiger partial charge in [0.25, 0.3) is 0 Å². The van der Waals surface area contributed by atoms with Crippen LogP contribution in [0.4, 0.5) is 0 Å². The molecule has 0 fully saturated rings. The molecular formula is C6H12O2. The van der Waals surface area contributed by atoms with Crippen molar-refractivity contribution in [1.29, 1.82) is 0 Å². The van der Waals surface area contributed by atoms with Crippen LogP contribution in [0.25, 0.3) is 0 Å². The van der Waals surface area contributed by atoms with Crippen LogP contribution in [0, 0.1) is 0 Å². The van der Waals surface area contributed by atoms with Crippen molar-refractivity contribution in [3.05, 3.63) is 0 Å². The van der Waals surface area contributed by atoms with Crippen molar-refractivity contribution in [2.24, 2.45) is 0 Å². The van der Waals surface area contributed by atoms with Crippen LogP contribution < -0.4 is 0 Å². The molecule has 2 nitrogen and oxygen atoms in total. The Kier molecular flexibility index (Phi) is 4.56. The van der Waals surface area contributed by atoms with Crippen molar-refractivity contribution in [1.82, 2.24) is 0 Å². The van der Waals surface area contributed by atoms with E-state index in [-0.39, 0.29) is 12.4 Å². The average molecular weight is 116 g/mol. The van der Waals surface area contributed by atoms with E-state index in [0.29, 0.717) is 19.3 Å². The quantitative estimate of drug-likeness (QED) is 0.588. The summed E-state index contributed by atoms with van der Waals surface area (Å²) in [6.07, 6.45) is 1.75. The van der Waals surface area contributed by atoms with E-state index in [4.69, 9.17) is 5.11 Å². The lowest BCUT2D eigenvalue weighted by atomic mass is 10.2. The lowest BCUT2D eigenvalue weighted by Gasteiger charge is -1.90. The van der Waals surface area contributed by atoms with Gasteiger partial charge in [-0.15, -0.1) is 0 Å². The Balaban J connectivity index is 2.99. The second-order valence-electron chi connectivity index (χ2n) is 1.72. The zero-order valence-corrected chi connectivity index (χ0v) is 5.18. The molecule has 0 radical (unpaired) electrons. The van der Waals surface area contributed by atoms with E-state index < -0.39 is 0 Å². The second kappa shape index (κ2) is 4.78. The van der Waals surface area contributed by atoms with Crippen molar-refractivity contribution in [2.75, 3.05) is 6.61 Å². The van der Waals surface area contributed by atoms with Gasteiger partial charge in [-0.3, -0.25) is 4.79 Å². The summed E-state index contributed by atoms with van der Waals surface area (Å²) in [5.41, 5.74) is 0. The van der Waals surface area contributed by atoms with E-state index in [1.165, 1.54) is 0 Å². The van der Waals surface area contributed by atoms with Crippen LogP contribution in [-0.2, 0) is 4.79 Å². The predicted molar refractivity (Wildman–Crippen MR) is 31.6 cm³/mol. The highest BCUT2D eigenvalue weighted by atomic mass is 16.3. The van der Waals surface area contributed by atoms with Gasteiger partial charge in [0.05, 0.1) is 0 Å². The zero-order valence-electron chi connectivity index (χ0n) is 5.18. The summed E-state index contributed by atoms with van der Waals surface area (Å²) in [5.74, 6) is 0.235. The summed E-state index contributed by atoms with van der Waals surface area (Å²) in [7, 11) is 0. The Morgan fingerprint density at radius 2 is 2.25 bits per heavy atom. The number of aliphatic hydroxyl groups is 1. The predicted octanol–water partition coefficient (Wildman–Crippen LogP) is 0.738. The van der Waals surface area contributed by atoms with Gasteiger partial charge in [-0.1, -0.05) is 6.92 Å². The van der Waals surface area contributed by atoms with Gasteiger partial charge < -0.3 is 5.11 Å². The molecule has 0 aromatic carbocycles. The van der Waals surface area contributed by atoms with Crippen LogP contribution in [0.15, 0.2) is 0 Å². The molecule has 0 aliphatic carbocycles. The first-order chi connectivity index (χ1) is 3.81. The van der Waals surface area contributed by atoms with Gasteiger partial charge in [-0.05, 0) is 6.42 Å². The van der Waals surface area contributed by atoms with Crippen LogP contribution in [0.2, 0.25) is 0 Å². The minimum absolute atomic E-state index is 0.131. The minimum Gasteiger partial charge on any atom is -0.396 e. The van der Waals surface area contributed by atoms with Crippen LogP contribution >= 0.6 is 0 Å². The van der Waals surface area contributed by atoms with Gasteiger partial charge in [-0.25, -0.2) is 0 Å². The molecule has 0 bridgehead atoms. The highest BCUT2D eigenvalue weighted by Crippen LogP contribution is 1.91. The van der Waals surface area contributed by atoms with E-state index in [1.54, 1.807) is 0 Å². The average Bonchev–Trinajstić information content (AvgIpc) is 1.83. The van der Waals surface area contributed by atoms with Gasteiger partial charge in [0.1, 0.15) is 5.78 Å². The summed E-state index contributed by atoms with van der Waals surface area (Å²) >= 11 is 0. The number of carbonyl (C=O) groups excluding carboxylic acids is 1. The molecule has 2 heteroatoms. The molecule has 0 rings (SSSR count). The molecule has 8 heavy (non-hydrogen) atoms. The Morgan fingerprint density at radius 3 is 2.62 bits per heavy atom. The SMILES string of the molecule is CCC(=O)CCCO. The maximum Gasteiger partial charge on any atom is 0.132 e. The van der Waals surface area contributed by atoms with Gasteiger partial charge in [-0.2, -0.15) is 0 Å². The smallest absolute Gasteiger partial charge is 0.132 e. The van der Waals surface area contributed by atoms with Gasteiger partial charge in [0.15, 0.2) is 0 Å². The van der Waals surface area contributed by atoms with Crippen LogP contribution in [0.3, 0.4) is 0 Å². The highest BCUT2D eigenvalue weighted by molar-refractivity contribution is 5.77. The molecule has 0 amide bonds. The summed E-state index contributed by atoms with van der Waals surface area (Å²) in [6.45, 7) is 1.96. The van der Waals surface area contributed by atoms with Crippen molar-refractivity contribution in [3.8, 4) is 0 Å². The highest BCUT2D eigenvalue weighted by Gasteiger charge is 1.94. The molecule has 0 aromatic rings. The second-order valence-corrected chi connectivity index (χ2v) is 1.72. The maximum atomic E-state index is 10.5. The zero-order chi connectivity index (χ0) is 6.41. The standard InChI is InChI=1S/C6H12O2/c1-2-6(8)4-3-5-7/h7H,2-5H2,1H3. The maximum absolute atomic E-state index is 10.5. The van der Waals surface area contributed by atoms with Crippen molar-refractivity contribution in [3.63, 3.8) is 0 Å². The molecule has 0 aliphatic rings. The van der Waals surface area contributed by atoms with Crippen LogP contribution in [0.1, 0.15) is 26.2 Å². The van der Waals surface area contributed by atoms with Crippen LogP contribution in [0.5, 0.6) is 0 Å². The fourth-order valence-corrected chi connectivity index (χ4v) is 0.453. The number of hydrogen-bond donors (Lipinski definition) is 1. The largest absolute Gasteiger partial charge is 0.396 e. The molecule has 0 unspecified atom stereocenters. The lowest BCUT2D eigenvalue weighted by Crippen LogP contribution is -1.95. The Hall–Kier alpha value is -0.370. The topological polar surface area (TPSA) is 37.3 Å². The number of Topliss-reactive ketones (excluding diaryl/α,β-unsaturated/α-hetero) is 1. The molecule has 0 spiro atoms. The molecule has 1 N–H and O–H groups in total. The molecule has 48 valence electrons. The summed E-state index contributed by atoms with van der Waals surface area (Å²) < 4.78 is 0. The summed E-state index contributed by atoms with van der Waals surface area (Å²) in [5, 5.41) is 8.26. The van der Waals surface area contributed by atoms with Crippen LogP contribution in [-0.4, -0.2) is 17.5 Å². The lowest BCUT2D eigenvalue weighted by molar-refractivity contribution is -0.119. The molecule has 0 aromatic heterocycles. The van der Waals surface area contributed by atoms with Crippen molar-refractivity contribution >= 4 is 5.78 Å².